The Hall–Kier alpha value is -0.830. The first-order valence-corrected chi connectivity index (χ1v) is 9.28. The zero-order valence-corrected chi connectivity index (χ0v) is 14.6. The summed E-state index contributed by atoms with van der Waals surface area (Å²) in [6.07, 6.45) is 11.3. The largest absolute Gasteiger partial charge is 0.481 e. The smallest absolute Gasteiger partial charge is 0.309 e. The van der Waals surface area contributed by atoms with Crippen LogP contribution in [0.15, 0.2) is 12.2 Å². The van der Waals surface area contributed by atoms with Gasteiger partial charge in [0.2, 0.25) is 0 Å². The number of rotatable bonds is 1. The highest BCUT2D eigenvalue weighted by atomic mass is 16.4. The Balaban J connectivity index is 1.77. The lowest BCUT2D eigenvalue weighted by atomic mass is 9.40. The van der Waals surface area contributed by atoms with Crippen LogP contribution in [0.25, 0.3) is 0 Å². The van der Waals surface area contributed by atoms with Crippen molar-refractivity contribution < 1.29 is 15.0 Å². The molecule has 0 aromatic carbocycles. The van der Waals surface area contributed by atoms with Crippen LogP contribution in [-0.2, 0) is 4.79 Å². The van der Waals surface area contributed by atoms with E-state index in [2.05, 4.69) is 26.0 Å². The summed E-state index contributed by atoms with van der Waals surface area (Å²) in [6.45, 7) is 6.50. The monoisotopic (exact) mass is 318 g/mol. The van der Waals surface area contributed by atoms with Gasteiger partial charge in [-0.3, -0.25) is 4.79 Å². The fourth-order valence-electron chi connectivity index (χ4n) is 7.30. The third kappa shape index (κ3) is 1.78. The van der Waals surface area contributed by atoms with Crippen LogP contribution in [0.4, 0.5) is 0 Å². The van der Waals surface area contributed by atoms with Crippen molar-refractivity contribution in [2.24, 2.45) is 33.5 Å². The molecule has 0 amide bonds. The number of carboxylic acids is 1. The number of fused-ring (bicyclic) bond motifs is 3. The van der Waals surface area contributed by atoms with E-state index in [1.54, 1.807) is 0 Å². The van der Waals surface area contributed by atoms with E-state index in [1.807, 2.05) is 6.92 Å². The molecule has 0 aromatic heterocycles. The average Bonchev–Trinajstić information content (AvgIpc) is 2.76. The molecular formula is C20H30O3. The Morgan fingerprint density at radius 1 is 1.09 bits per heavy atom. The molecule has 1 spiro atoms. The molecule has 128 valence electrons. The normalized spacial score (nSPS) is 57.7. The highest BCUT2D eigenvalue weighted by molar-refractivity contribution is 5.75. The molecule has 4 aliphatic rings. The van der Waals surface area contributed by atoms with E-state index < -0.39 is 11.4 Å². The summed E-state index contributed by atoms with van der Waals surface area (Å²) in [4.78, 5) is 12.0. The second kappa shape index (κ2) is 4.41. The molecule has 3 heteroatoms. The van der Waals surface area contributed by atoms with Crippen molar-refractivity contribution in [3.05, 3.63) is 12.2 Å². The van der Waals surface area contributed by atoms with E-state index in [0.29, 0.717) is 5.92 Å². The Morgan fingerprint density at radius 2 is 1.83 bits per heavy atom. The van der Waals surface area contributed by atoms with Gasteiger partial charge in [-0.15, -0.1) is 0 Å². The Morgan fingerprint density at radius 3 is 2.52 bits per heavy atom. The lowest BCUT2D eigenvalue weighted by Crippen LogP contribution is -2.60. The van der Waals surface area contributed by atoms with Gasteiger partial charge in [-0.2, -0.15) is 0 Å². The van der Waals surface area contributed by atoms with Crippen LogP contribution in [0.1, 0.15) is 65.7 Å². The van der Waals surface area contributed by atoms with Crippen molar-refractivity contribution in [2.45, 2.75) is 71.8 Å². The van der Waals surface area contributed by atoms with Crippen molar-refractivity contribution in [3.63, 3.8) is 0 Å². The minimum Gasteiger partial charge on any atom is -0.481 e. The van der Waals surface area contributed by atoms with Gasteiger partial charge in [-0.05, 0) is 68.1 Å². The molecule has 3 fully saturated rings. The maximum Gasteiger partial charge on any atom is 0.309 e. The van der Waals surface area contributed by atoms with E-state index in [0.717, 1.165) is 44.9 Å². The molecule has 2 N–H and O–H groups in total. The molecule has 0 heterocycles. The fourth-order valence-corrected chi connectivity index (χ4v) is 7.30. The SMILES string of the molecule is CC12C=CC3(CCC4C(C)(C(=O)O)CCCC4(C)C3CC1O)C2. The lowest BCUT2D eigenvalue weighted by Gasteiger charge is -2.64. The zero-order valence-electron chi connectivity index (χ0n) is 14.6. The third-order valence-corrected chi connectivity index (χ3v) is 8.58. The van der Waals surface area contributed by atoms with Gasteiger partial charge in [0.05, 0.1) is 11.5 Å². The van der Waals surface area contributed by atoms with E-state index >= 15 is 0 Å². The van der Waals surface area contributed by atoms with Crippen molar-refractivity contribution in [1.82, 2.24) is 0 Å². The van der Waals surface area contributed by atoms with Crippen LogP contribution in [0.3, 0.4) is 0 Å². The van der Waals surface area contributed by atoms with Crippen LogP contribution < -0.4 is 0 Å². The Labute approximate surface area is 139 Å². The first-order chi connectivity index (χ1) is 10.7. The summed E-state index contributed by atoms with van der Waals surface area (Å²) in [5.41, 5.74) is -0.413. The standard InChI is InChI=1S/C20H30O3/c1-17-9-10-20(12-17)8-5-13-18(2,14(20)11-15(17)21)6-4-7-19(13,3)16(22)23/h9-10,13-15,21H,4-8,11-12H2,1-3H3,(H,22,23). The highest BCUT2D eigenvalue weighted by Crippen LogP contribution is 2.71. The molecule has 7 unspecified atom stereocenters. The van der Waals surface area contributed by atoms with E-state index in [9.17, 15) is 15.0 Å². The molecule has 0 radical (unpaired) electrons. The number of aliphatic hydroxyl groups excluding tert-OH is 1. The summed E-state index contributed by atoms with van der Waals surface area (Å²) in [5, 5.41) is 20.7. The molecule has 3 nitrogen and oxygen atoms in total. The minimum absolute atomic E-state index is 0.0423. The summed E-state index contributed by atoms with van der Waals surface area (Å²) >= 11 is 0. The van der Waals surface area contributed by atoms with Crippen LogP contribution >= 0.6 is 0 Å². The predicted molar refractivity (Wildman–Crippen MR) is 88.8 cm³/mol. The second-order valence-corrected chi connectivity index (χ2v) is 9.73. The molecule has 4 rings (SSSR count). The van der Waals surface area contributed by atoms with E-state index in [4.69, 9.17) is 0 Å². The second-order valence-electron chi connectivity index (χ2n) is 9.73. The van der Waals surface area contributed by atoms with Crippen LogP contribution in [-0.4, -0.2) is 22.3 Å². The van der Waals surface area contributed by atoms with Crippen LogP contribution in [0, 0.1) is 33.5 Å². The first kappa shape index (κ1) is 15.7. The van der Waals surface area contributed by atoms with Crippen molar-refractivity contribution in [3.8, 4) is 0 Å². The first-order valence-electron chi connectivity index (χ1n) is 9.28. The number of aliphatic hydroxyl groups is 1. The van der Waals surface area contributed by atoms with Gasteiger partial charge in [-0.1, -0.05) is 32.4 Å². The topological polar surface area (TPSA) is 57.5 Å². The molecule has 23 heavy (non-hydrogen) atoms. The number of carboxylic acid groups (broad SMARTS) is 1. The molecule has 4 aliphatic carbocycles. The summed E-state index contributed by atoms with van der Waals surface area (Å²) in [6, 6.07) is 0. The van der Waals surface area contributed by atoms with Gasteiger partial charge >= 0.3 is 5.97 Å². The maximum absolute atomic E-state index is 12.0. The van der Waals surface area contributed by atoms with E-state index in [1.165, 1.54) is 0 Å². The molecule has 2 bridgehead atoms. The number of hydrogen-bond acceptors (Lipinski definition) is 2. The maximum atomic E-state index is 12.0. The van der Waals surface area contributed by atoms with Crippen molar-refractivity contribution in [1.29, 1.82) is 0 Å². The predicted octanol–water partition coefficient (Wildman–Crippen LogP) is 4.01. The van der Waals surface area contributed by atoms with Crippen molar-refractivity contribution in [2.75, 3.05) is 0 Å². The summed E-state index contributed by atoms with van der Waals surface area (Å²) in [5.74, 6) is 0.0458. The lowest BCUT2D eigenvalue weighted by molar-refractivity contribution is -0.187. The molecule has 0 aliphatic heterocycles. The van der Waals surface area contributed by atoms with E-state index in [-0.39, 0.29) is 28.3 Å². The molecule has 0 saturated heterocycles. The fraction of sp³-hybridized carbons (Fsp3) is 0.850. The van der Waals surface area contributed by atoms with Gasteiger partial charge < -0.3 is 10.2 Å². The van der Waals surface area contributed by atoms with Gasteiger partial charge in [0.25, 0.3) is 0 Å². The average molecular weight is 318 g/mol. The highest BCUT2D eigenvalue weighted by Gasteiger charge is 2.66. The third-order valence-electron chi connectivity index (χ3n) is 8.58. The van der Waals surface area contributed by atoms with Gasteiger partial charge in [0, 0.05) is 5.41 Å². The number of allylic oxidation sites excluding steroid dienone is 1. The molecule has 3 saturated carbocycles. The minimum atomic E-state index is -0.618. The van der Waals surface area contributed by atoms with Crippen LogP contribution in [0.2, 0.25) is 0 Å². The molecule has 7 atom stereocenters. The summed E-state index contributed by atoms with van der Waals surface area (Å²) in [7, 11) is 0. The van der Waals surface area contributed by atoms with Gasteiger partial charge in [-0.25, -0.2) is 0 Å². The van der Waals surface area contributed by atoms with Crippen molar-refractivity contribution >= 4 is 5.97 Å². The molecular weight excluding hydrogens is 288 g/mol. The zero-order chi connectivity index (χ0) is 16.7. The summed E-state index contributed by atoms with van der Waals surface area (Å²) < 4.78 is 0. The number of aliphatic carboxylic acids is 1. The molecule has 0 aromatic rings. The number of carbonyl (C=O) groups is 1. The van der Waals surface area contributed by atoms with Crippen LogP contribution in [0.5, 0.6) is 0 Å². The van der Waals surface area contributed by atoms with Gasteiger partial charge in [0.1, 0.15) is 0 Å². The number of hydrogen-bond donors (Lipinski definition) is 2. The Kier molecular flexibility index (Phi) is 3.01. The van der Waals surface area contributed by atoms with Gasteiger partial charge in [0.15, 0.2) is 0 Å². The Bertz CT molecular complexity index is 583. The quantitative estimate of drug-likeness (QED) is 0.718.